The maximum absolute atomic E-state index is 13.2. The zero-order valence-corrected chi connectivity index (χ0v) is 19.2. The number of aromatic nitrogens is 3. The summed E-state index contributed by atoms with van der Waals surface area (Å²) in [5.41, 5.74) is 2.87. The van der Waals surface area contributed by atoms with Crippen LogP contribution < -0.4 is 10.6 Å². The smallest absolute Gasteiger partial charge is 0.256 e. The van der Waals surface area contributed by atoms with Gasteiger partial charge in [0.1, 0.15) is 11.4 Å². The number of nitrogens with one attached hydrogen (secondary N) is 2. The van der Waals surface area contributed by atoms with Crippen molar-refractivity contribution in [1.29, 1.82) is 0 Å². The molecule has 174 valence electrons. The van der Waals surface area contributed by atoms with E-state index >= 15 is 0 Å². The van der Waals surface area contributed by atoms with Crippen LogP contribution in [0, 0.1) is 18.7 Å². The van der Waals surface area contributed by atoms with Gasteiger partial charge in [0.25, 0.3) is 5.91 Å². The number of carbonyl (C=O) groups excluding carboxylic acids is 2. The number of aryl methyl sites for hydroxylation is 1. The standard InChI is InChI=1S/C23H25ClFN5O3/c1-13-9-17(12-33-2)30-21(27-13)18(11-26-30)23(32)28-16-6-3-14(4-7-16)22(31)29-20-8-5-15(25)10-19(20)24/h5,8-11,14,16H,3-4,6-7,12H2,1-2H3,(H,28,32)(H,29,31)/t14-,16-. The van der Waals surface area contributed by atoms with Crippen molar-refractivity contribution in [1.82, 2.24) is 19.9 Å². The summed E-state index contributed by atoms with van der Waals surface area (Å²) in [5.74, 6) is -1.04. The fourth-order valence-corrected chi connectivity index (χ4v) is 4.38. The van der Waals surface area contributed by atoms with Gasteiger partial charge in [-0.1, -0.05) is 11.6 Å². The summed E-state index contributed by atoms with van der Waals surface area (Å²) in [4.78, 5) is 30.0. The number of methoxy groups -OCH3 is 1. The van der Waals surface area contributed by atoms with E-state index in [4.69, 9.17) is 16.3 Å². The van der Waals surface area contributed by atoms with E-state index in [-0.39, 0.29) is 28.8 Å². The van der Waals surface area contributed by atoms with E-state index in [0.717, 1.165) is 11.4 Å². The minimum Gasteiger partial charge on any atom is -0.378 e. The van der Waals surface area contributed by atoms with Gasteiger partial charge in [-0.3, -0.25) is 9.59 Å². The Morgan fingerprint density at radius 2 is 2.00 bits per heavy atom. The number of nitrogens with zero attached hydrogens (tertiary/aromatic N) is 3. The Morgan fingerprint density at radius 3 is 2.70 bits per heavy atom. The van der Waals surface area contributed by atoms with Crippen LogP contribution in [-0.2, 0) is 16.1 Å². The van der Waals surface area contributed by atoms with E-state index in [1.54, 1.807) is 11.6 Å². The predicted octanol–water partition coefficient (Wildman–Crippen LogP) is 3.90. The molecule has 0 atom stereocenters. The van der Waals surface area contributed by atoms with Crippen molar-refractivity contribution < 1.29 is 18.7 Å². The maximum atomic E-state index is 13.2. The summed E-state index contributed by atoms with van der Waals surface area (Å²) in [5, 5.41) is 10.3. The number of fused-ring (bicyclic) bond motifs is 1. The van der Waals surface area contributed by atoms with E-state index in [1.165, 1.54) is 24.4 Å². The summed E-state index contributed by atoms with van der Waals surface area (Å²) in [7, 11) is 1.60. The molecular formula is C23H25ClFN5O3. The molecule has 0 spiro atoms. The molecule has 33 heavy (non-hydrogen) atoms. The molecule has 0 unspecified atom stereocenters. The van der Waals surface area contributed by atoms with E-state index in [0.29, 0.717) is 49.2 Å². The third-order valence-corrected chi connectivity index (χ3v) is 6.15. The Balaban J connectivity index is 1.36. The normalized spacial score (nSPS) is 18.3. The first-order valence-electron chi connectivity index (χ1n) is 10.8. The molecule has 8 nitrogen and oxygen atoms in total. The Hall–Kier alpha value is -3.04. The highest BCUT2D eigenvalue weighted by Crippen LogP contribution is 2.28. The van der Waals surface area contributed by atoms with Gasteiger partial charge in [0.05, 0.1) is 29.2 Å². The first-order chi connectivity index (χ1) is 15.9. The van der Waals surface area contributed by atoms with Crippen LogP contribution in [0.1, 0.15) is 47.4 Å². The monoisotopic (exact) mass is 473 g/mol. The van der Waals surface area contributed by atoms with Crippen molar-refractivity contribution in [2.24, 2.45) is 5.92 Å². The van der Waals surface area contributed by atoms with Crippen LogP contribution in [-0.4, -0.2) is 39.6 Å². The van der Waals surface area contributed by atoms with Gasteiger partial charge < -0.3 is 15.4 Å². The lowest BCUT2D eigenvalue weighted by Crippen LogP contribution is -2.39. The number of anilines is 1. The number of carbonyl (C=O) groups is 2. The van der Waals surface area contributed by atoms with Crippen LogP contribution in [0.2, 0.25) is 5.02 Å². The SMILES string of the molecule is COCc1cc(C)nc2c(C(=O)N[C@H]3CC[C@H](C(=O)Nc4ccc(F)cc4Cl)CC3)cnn12. The minimum atomic E-state index is -0.458. The fraction of sp³-hybridized carbons (Fsp3) is 0.391. The number of rotatable bonds is 6. The van der Waals surface area contributed by atoms with Gasteiger partial charge in [0.15, 0.2) is 5.65 Å². The zero-order chi connectivity index (χ0) is 23.5. The highest BCUT2D eigenvalue weighted by Gasteiger charge is 2.28. The Labute approximate surface area is 195 Å². The molecule has 2 heterocycles. The summed E-state index contributed by atoms with van der Waals surface area (Å²) < 4.78 is 20.0. The van der Waals surface area contributed by atoms with E-state index in [2.05, 4.69) is 20.7 Å². The molecule has 1 fully saturated rings. The fourth-order valence-electron chi connectivity index (χ4n) is 4.16. The van der Waals surface area contributed by atoms with Gasteiger partial charge in [-0.15, -0.1) is 0 Å². The molecule has 0 saturated heterocycles. The Morgan fingerprint density at radius 1 is 1.24 bits per heavy atom. The zero-order valence-electron chi connectivity index (χ0n) is 18.4. The van der Waals surface area contributed by atoms with Crippen LogP contribution in [0.15, 0.2) is 30.5 Å². The molecule has 1 aliphatic carbocycles. The lowest BCUT2D eigenvalue weighted by Gasteiger charge is -2.28. The van der Waals surface area contributed by atoms with Crippen LogP contribution in [0.4, 0.5) is 10.1 Å². The van der Waals surface area contributed by atoms with Crippen molar-refractivity contribution >= 4 is 34.7 Å². The van der Waals surface area contributed by atoms with Crippen LogP contribution >= 0.6 is 11.6 Å². The predicted molar refractivity (Wildman–Crippen MR) is 122 cm³/mol. The van der Waals surface area contributed by atoms with Crippen molar-refractivity contribution in [3.05, 3.63) is 58.3 Å². The van der Waals surface area contributed by atoms with Gasteiger partial charge in [-0.2, -0.15) is 5.10 Å². The first kappa shape index (κ1) is 23.1. The van der Waals surface area contributed by atoms with E-state index in [1.807, 2.05) is 13.0 Å². The second kappa shape index (κ2) is 9.84. The highest BCUT2D eigenvalue weighted by atomic mass is 35.5. The van der Waals surface area contributed by atoms with E-state index in [9.17, 15) is 14.0 Å². The van der Waals surface area contributed by atoms with Gasteiger partial charge in [0.2, 0.25) is 5.91 Å². The molecule has 2 aromatic heterocycles. The molecule has 1 aliphatic rings. The third-order valence-electron chi connectivity index (χ3n) is 5.83. The lowest BCUT2D eigenvalue weighted by atomic mass is 9.85. The summed E-state index contributed by atoms with van der Waals surface area (Å²) in [6.45, 7) is 2.22. The summed E-state index contributed by atoms with van der Waals surface area (Å²) in [6, 6.07) is 5.69. The van der Waals surface area contributed by atoms with Gasteiger partial charge in [0, 0.05) is 24.8 Å². The topological polar surface area (TPSA) is 97.6 Å². The Kier molecular flexibility index (Phi) is 6.90. The number of halogens is 2. The molecule has 0 bridgehead atoms. The van der Waals surface area contributed by atoms with Crippen molar-refractivity contribution in [2.45, 2.75) is 45.3 Å². The Bertz CT molecular complexity index is 1190. The molecule has 3 aromatic rings. The minimum absolute atomic E-state index is 0.0471. The average Bonchev–Trinajstić information content (AvgIpc) is 3.20. The highest BCUT2D eigenvalue weighted by molar-refractivity contribution is 6.33. The lowest BCUT2D eigenvalue weighted by molar-refractivity contribution is -0.120. The van der Waals surface area contributed by atoms with Crippen LogP contribution in [0.25, 0.3) is 5.65 Å². The first-order valence-corrected chi connectivity index (χ1v) is 11.1. The number of hydrogen-bond donors (Lipinski definition) is 2. The third kappa shape index (κ3) is 5.15. The van der Waals surface area contributed by atoms with Crippen LogP contribution in [0.5, 0.6) is 0 Å². The number of hydrogen-bond acceptors (Lipinski definition) is 5. The van der Waals surface area contributed by atoms with Crippen LogP contribution in [0.3, 0.4) is 0 Å². The molecule has 0 radical (unpaired) electrons. The maximum Gasteiger partial charge on any atom is 0.256 e. The summed E-state index contributed by atoms with van der Waals surface area (Å²) in [6.07, 6.45) is 4.10. The van der Waals surface area contributed by atoms with E-state index < -0.39 is 5.82 Å². The largest absolute Gasteiger partial charge is 0.378 e. The number of ether oxygens (including phenoxy) is 1. The van der Waals surface area contributed by atoms with Crippen molar-refractivity contribution in [3.8, 4) is 0 Å². The van der Waals surface area contributed by atoms with Crippen molar-refractivity contribution in [2.75, 3.05) is 12.4 Å². The molecule has 2 N–H and O–H groups in total. The second-order valence-corrected chi connectivity index (χ2v) is 8.66. The molecule has 1 saturated carbocycles. The number of benzene rings is 1. The molecule has 0 aliphatic heterocycles. The second-order valence-electron chi connectivity index (χ2n) is 8.25. The molecule has 10 heteroatoms. The molecular weight excluding hydrogens is 449 g/mol. The van der Waals surface area contributed by atoms with Gasteiger partial charge in [-0.25, -0.2) is 13.9 Å². The van der Waals surface area contributed by atoms with Crippen molar-refractivity contribution in [3.63, 3.8) is 0 Å². The molecule has 1 aromatic carbocycles. The molecule has 2 amide bonds. The summed E-state index contributed by atoms with van der Waals surface area (Å²) >= 11 is 6.00. The molecule has 4 rings (SSSR count). The average molecular weight is 474 g/mol. The quantitative estimate of drug-likeness (QED) is 0.565. The van der Waals surface area contributed by atoms with Gasteiger partial charge >= 0.3 is 0 Å². The number of amides is 2. The van der Waals surface area contributed by atoms with Gasteiger partial charge in [-0.05, 0) is 56.9 Å².